The van der Waals surface area contributed by atoms with Gasteiger partial charge in [-0.05, 0) is 18.2 Å². The summed E-state index contributed by atoms with van der Waals surface area (Å²) in [7, 11) is 0. The van der Waals surface area contributed by atoms with Gasteiger partial charge in [-0.1, -0.05) is 28.4 Å². The molecule has 2 aromatic heterocycles. The zero-order valence-electron chi connectivity index (χ0n) is 13.1. The van der Waals surface area contributed by atoms with E-state index in [2.05, 4.69) is 29.9 Å². The quantitative estimate of drug-likeness (QED) is 0.694. The fraction of sp³-hybridized carbons (Fsp3) is 0.250. The van der Waals surface area contributed by atoms with Gasteiger partial charge in [-0.25, -0.2) is 4.98 Å². The van der Waals surface area contributed by atoms with Gasteiger partial charge in [0.25, 0.3) is 0 Å². The van der Waals surface area contributed by atoms with Crippen LogP contribution < -0.4 is 9.80 Å². The van der Waals surface area contributed by atoms with Gasteiger partial charge in [0.2, 0.25) is 5.82 Å². The second-order valence-corrected chi connectivity index (χ2v) is 6.47. The van der Waals surface area contributed by atoms with Crippen molar-refractivity contribution in [3.05, 3.63) is 46.8 Å². The summed E-state index contributed by atoms with van der Waals surface area (Å²) in [5.74, 6) is 1.35. The van der Waals surface area contributed by atoms with Gasteiger partial charge in [0.15, 0.2) is 0 Å². The SMILES string of the molecule is Clc1cc(Cl)cc(-c2noc(N3CCN(c4cnccn4)CC3)n2)c1. The Kier molecular flexibility index (Phi) is 4.42. The zero-order chi connectivity index (χ0) is 17.2. The molecule has 0 aliphatic carbocycles. The van der Waals surface area contributed by atoms with E-state index in [-0.39, 0.29) is 0 Å². The molecule has 0 radical (unpaired) electrons. The standard InChI is InChI=1S/C16H14Cl2N6O/c17-12-7-11(8-13(18)9-12)15-21-16(25-22-15)24-5-3-23(4-6-24)14-10-19-1-2-20-14/h1-2,7-10H,3-6H2. The van der Waals surface area contributed by atoms with Gasteiger partial charge in [0.1, 0.15) is 5.82 Å². The van der Waals surface area contributed by atoms with Crippen LogP contribution in [0.5, 0.6) is 0 Å². The third kappa shape index (κ3) is 3.52. The van der Waals surface area contributed by atoms with Crippen LogP contribution in [0.4, 0.5) is 11.8 Å². The lowest BCUT2D eigenvalue weighted by Gasteiger charge is -2.33. The van der Waals surface area contributed by atoms with Crippen LogP contribution in [0, 0.1) is 0 Å². The number of piperazine rings is 1. The first-order valence-corrected chi connectivity index (χ1v) is 8.51. The lowest BCUT2D eigenvalue weighted by Crippen LogP contribution is -2.47. The molecule has 1 aromatic carbocycles. The molecule has 7 nitrogen and oxygen atoms in total. The average molecular weight is 377 g/mol. The fourth-order valence-electron chi connectivity index (χ4n) is 2.73. The Balaban J connectivity index is 1.46. The van der Waals surface area contributed by atoms with Crippen LogP contribution in [0.25, 0.3) is 11.4 Å². The number of hydrogen-bond donors (Lipinski definition) is 0. The first kappa shape index (κ1) is 16.1. The Morgan fingerprint density at radius 1 is 0.920 bits per heavy atom. The molecular weight excluding hydrogens is 363 g/mol. The highest BCUT2D eigenvalue weighted by Gasteiger charge is 2.22. The van der Waals surface area contributed by atoms with E-state index in [0.717, 1.165) is 37.6 Å². The molecule has 128 valence electrons. The molecule has 1 aliphatic heterocycles. The van der Waals surface area contributed by atoms with Gasteiger partial charge in [0, 0.05) is 54.2 Å². The highest BCUT2D eigenvalue weighted by atomic mass is 35.5. The molecule has 1 fully saturated rings. The number of hydrogen-bond acceptors (Lipinski definition) is 7. The maximum atomic E-state index is 6.03. The van der Waals surface area contributed by atoms with Crippen molar-refractivity contribution in [3.63, 3.8) is 0 Å². The molecule has 0 saturated carbocycles. The molecule has 1 aliphatic rings. The zero-order valence-corrected chi connectivity index (χ0v) is 14.7. The minimum Gasteiger partial charge on any atom is -0.352 e. The fourth-order valence-corrected chi connectivity index (χ4v) is 3.25. The molecule has 0 unspecified atom stereocenters. The highest BCUT2D eigenvalue weighted by Crippen LogP contribution is 2.27. The number of anilines is 2. The summed E-state index contributed by atoms with van der Waals surface area (Å²) in [6, 6.07) is 5.67. The van der Waals surface area contributed by atoms with Gasteiger partial charge in [0.05, 0.1) is 6.20 Å². The van der Waals surface area contributed by atoms with Gasteiger partial charge in [-0.15, -0.1) is 0 Å². The Labute approximate surface area is 154 Å². The second-order valence-electron chi connectivity index (χ2n) is 5.60. The Morgan fingerprint density at radius 2 is 1.64 bits per heavy atom. The lowest BCUT2D eigenvalue weighted by atomic mass is 10.2. The van der Waals surface area contributed by atoms with Crippen molar-refractivity contribution >= 4 is 35.0 Å². The molecule has 25 heavy (non-hydrogen) atoms. The van der Waals surface area contributed by atoms with Crippen molar-refractivity contribution in [3.8, 4) is 11.4 Å². The number of nitrogens with zero attached hydrogens (tertiary/aromatic N) is 6. The molecule has 0 amide bonds. The number of rotatable bonds is 3. The molecule has 0 spiro atoms. The smallest absolute Gasteiger partial charge is 0.324 e. The number of benzene rings is 1. The van der Waals surface area contributed by atoms with Crippen molar-refractivity contribution in [1.82, 2.24) is 20.1 Å². The summed E-state index contributed by atoms with van der Waals surface area (Å²) in [6.45, 7) is 3.13. The molecular formula is C16H14Cl2N6O. The first-order valence-electron chi connectivity index (χ1n) is 7.75. The summed E-state index contributed by atoms with van der Waals surface area (Å²) in [5, 5.41) is 5.11. The van der Waals surface area contributed by atoms with Crippen LogP contribution in [0.15, 0.2) is 41.3 Å². The third-order valence-electron chi connectivity index (χ3n) is 3.96. The van der Waals surface area contributed by atoms with Crippen LogP contribution in [-0.2, 0) is 0 Å². The van der Waals surface area contributed by atoms with Crippen molar-refractivity contribution in [2.45, 2.75) is 0 Å². The van der Waals surface area contributed by atoms with E-state index >= 15 is 0 Å². The van der Waals surface area contributed by atoms with E-state index in [1.807, 2.05) is 0 Å². The first-order chi connectivity index (χ1) is 12.2. The highest BCUT2D eigenvalue weighted by molar-refractivity contribution is 6.35. The Bertz CT molecular complexity index is 844. The Hall–Kier alpha value is -2.38. The number of halogens is 2. The molecule has 3 heterocycles. The molecule has 4 rings (SSSR count). The second kappa shape index (κ2) is 6.85. The van der Waals surface area contributed by atoms with Crippen LogP contribution in [0.2, 0.25) is 10.0 Å². The van der Waals surface area contributed by atoms with Crippen molar-refractivity contribution in [2.75, 3.05) is 36.0 Å². The summed E-state index contributed by atoms with van der Waals surface area (Å²) in [5.41, 5.74) is 0.727. The predicted octanol–water partition coefficient (Wildman–Crippen LogP) is 3.16. The topological polar surface area (TPSA) is 71.2 Å². The van der Waals surface area contributed by atoms with Crippen LogP contribution in [0.1, 0.15) is 0 Å². The lowest BCUT2D eigenvalue weighted by molar-refractivity contribution is 0.409. The summed E-state index contributed by atoms with van der Waals surface area (Å²) in [4.78, 5) is 17.1. The van der Waals surface area contributed by atoms with E-state index in [1.165, 1.54) is 0 Å². The molecule has 0 bridgehead atoms. The maximum absolute atomic E-state index is 6.03. The van der Waals surface area contributed by atoms with Crippen LogP contribution >= 0.6 is 23.2 Å². The molecule has 9 heteroatoms. The minimum atomic E-state index is 0.468. The third-order valence-corrected chi connectivity index (χ3v) is 4.40. The Morgan fingerprint density at radius 3 is 2.32 bits per heavy atom. The van der Waals surface area contributed by atoms with Gasteiger partial charge in [-0.3, -0.25) is 4.98 Å². The monoisotopic (exact) mass is 376 g/mol. The molecule has 1 saturated heterocycles. The summed E-state index contributed by atoms with van der Waals surface area (Å²) in [6.07, 6.45) is 5.13. The van der Waals surface area contributed by atoms with E-state index in [4.69, 9.17) is 27.7 Å². The van der Waals surface area contributed by atoms with E-state index in [9.17, 15) is 0 Å². The van der Waals surface area contributed by atoms with Crippen molar-refractivity contribution in [1.29, 1.82) is 0 Å². The molecule has 0 N–H and O–H groups in total. The van der Waals surface area contributed by atoms with Crippen LogP contribution in [0.3, 0.4) is 0 Å². The normalized spacial score (nSPS) is 14.8. The van der Waals surface area contributed by atoms with E-state index < -0.39 is 0 Å². The van der Waals surface area contributed by atoms with Crippen molar-refractivity contribution in [2.24, 2.45) is 0 Å². The largest absolute Gasteiger partial charge is 0.352 e. The molecule has 3 aromatic rings. The predicted molar refractivity (Wildman–Crippen MR) is 96.2 cm³/mol. The number of aromatic nitrogens is 4. The van der Waals surface area contributed by atoms with Gasteiger partial charge < -0.3 is 14.3 Å². The summed E-state index contributed by atoms with van der Waals surface area (Å²) >= 11 is 12.1. The van der Waals surface area contributed by atoms with Gasteiger partial charge in [-0.2, -0.15) is 4.98 Å². The van der Waals surface area contributed by atoms with Crippen LogP contribution in [-0.4, -0.2) is 46.3 Å². The summed E-state index contributed by atoms with van der Waals surface area (Å²) < 4.78 is 5.41. The van der Waals surface area contributed by atoms with E-state index in [1.54, 1.807) is 36.8 Å². The van der Waals surface area contributed by atoms with E-state index in [0.29, 0.717) is 21.9 Å². The minimum absolute atomic E-state index is 0.468. The van der Waals surface area contributed by atoms with Gasteiger partial charge >= 0.3 is 6.01 Å². The maximum Gasteiger partial charge on any atom is 0.324 e. The molecule has 0 atom stereocenters. The average Bonchev–Trinajstić information content (AvgIpc) is 3.12. The van der Waals surface area contributed by atoms with Crippen molar-refractivity contribution < 1.29 is 4.52 Å².